The zero-order valence-corrected chi connectivity index (χ0v) is 11.5. The fraction of sp³-hybridized carbons (Fsp3) is 0.786. The lowest BCUT2D eigenvalue weighted by molar-refractivity contribution is 0.198. The molecule has 2 rings (SSSR count). The van der Waals surface area contributed by atoms with Crippen LogP contribution >= 0.6 is 0 Å². The van der Waals surface area contributed by atoms with Crippen molar-refractivity contribution in [3.63, 3.8) is 0 Å². The molecule has 0 radical (unpaired) electrons. The van der Waals surface area contributed by atoms with Crippen LogP contribution in [0, 0.1) is 0 Å². The first kappa shape index (κ1) is 13.6. The van der Waals surface area contributed by atoms with E-state index in [1.807, 2.05) is 23.1 Å². The zero-order chi connectivity index (χ0) is 12.6. The Kier molecular flexibility index (Phi) is 5.68. The fourth-order valence-electron chi connectivity index (χ4n) is 2.66. The van der Waals surface area contributed by atoms with Crippen molar-refractivity contribution in [2.45, 2.75) is 45.2 Å². The predicted molar refractivity (Wildman–Crippen MR) is 74.6 cm³/mol. The van der Waals surface area contributed by atoms with Gasteiger partial charge in [0.15, 0.2) is 0 Å². The fourth-order valence-corrected chi connectivity index (χ4v) is 2.66. The van der Waals surface area contributed by atoms with Gasteiger partial charge in [-0.25, -0.2) is 0 Å². The Labute approximate surface area is 110 Å². The van der Waals surface area contributed by atoms with Gasteiger partial charge < -0.3 is 10.2 Å². The van der Waals surface area contributed by atoms with Gasteiger partial charge in [-0.05, 0) is 57.9 Å². The largest absolute Gasteiger partial charge is 0.314 e. The number of rotatable bonds is 7. The van der Waals surface area contributed by atoms with E-state index in [0.29, 0.717) is 0 Å². The minimum Gasteiger partial charge on any atom is -0.314 e. The zero-order valence-electron chi connectivity index (χ0n) is 11.5. The molecular formula is C14H26N4. The number of nitrogens with one attached hydrogen (secondary N) is 1. The summed E-state index contributed by atoms with van der Waals surface area (Å²) in [4.78, 5) is 2.59. The number of hydrogen-bond donors (Lipinski definition) is 1. The molecule has 1 aliphatic rings. The third-order valence-corrected chi connectivity index (χ3v) is 3.68. The molecular weight excluding hydrogens is 224 g/mol. The van der Waals surface area contributed by atoms with E-state index >= 15 is 0 Å². The molecule has 102 valence electrons. The third-order valence-electron chi connectivity index (χ3n) is 3.68. The summed E-state index contributed by atoms with van der Waals surface area (Å²) < 4.78 is 2.01. The van der Waals surface area contributed by atoms with E-state index in [2.05, 4.69) is 22.2 Å². The van der Waals surface area contributed by atoms with Crippen LogP contribution in [0.15, 0.2) is 18.5 Å². The van der Waals surface area contributed by atoms with Crippen LogP contribution in [-0.4, -0.2) is 46.9 Å². The van der Waals surface area contributed by atoms with Gasteiger partial charge in [0.05, 0.1) is 0 Å². The quantitative estimate of drug-likeness (QED) is 0.748. The standard InChI is InChI=1S/C14H26N4/c1-2-9-17-12-5-14(6-13-17)15-7-3-10-18-11-4-8-16-18/h4,8,11,14-15H,2-3,5-7,9-10,12-13H2,1H3. The molecule has 18 heavy (non-hydrogen) atoms. The lowest BCUT2D eigenvalue weighted by Crippen LogP contribution is -2.43. The molecule has 1 aromatic rings. The van der Waals surface area contributed by atoms with Gasteiger partial charge in [0.25, 0.3) is 0 Å². The molecule has 1 N–H and O–H groups in total. The van der Waals surface area contributed by atoms with Crippen LogP contribution in [0.1, 0.15) is 32.6 Å². The van der Waals surface area contributed by atoms with E-state index < -0.39 is 0 Å². The molecule has 0 bridgehead atoms. The van der Waals surface area contributed by atoms with Gasteiger partial charge in [0.2, 0.25) is 0 Å². The van der Waals surface area contributed by atoms with E-state index in [1.165, 1.54) is 38.9 Å². The normalized spacial score (nSPS) is 18.3. The van der Waals surface area contributed by atoms with E-state index in [-0.39, 0.29) is 0 Å². The Hall–Kier alpha value is -0.870. The van der Waals surface area contributed by atoms with Gasteiger partial charge >= 0.3 is 0 Å². The minimum atomic E-state index is 0.732. The van der Waals surface area contributed by atoms with Gasteiger partial charge in [0.1, 0.15) is 0 Å². The molecule has 0 saturated carbocycles. The van der Waals surface area contributed by atoms with Crippen LogP contribution in [-0.2, 0) is 6.54 Å². The van der Waals surface area contributed by atoms with Crippen molar-refractivity contribution in [1.29, 1.82) is 0 Å². The molecule has 0 spiro atoms. The maximum absolute atomic E-state index is 4.21. The smallest absolute Gasteiger partial charge is 0.0489 e. The Morgan fingerprint density at radius 3 is 2.78 bits per heavy atom. The summed E-state index contributed by atoms with van der Waals surface area (Å²) in [7, 11) is 0. The van der Waals surface area contributed by atoms with Crippen LogP contribution in [0.3, 0.4) is 0 Å². The van der Waals surface area contributed by atoms with Gasteiger partial charge in [-0.3, -0.25) is 4.68 Å². The summed E-state index contributed by atoms with van der Waals surface area (Å²) >= 11 is 0. The molecule has 4 nitrogen and oxygen atoms in total. The number of nitrogens with zero attached hydrogens (tertiary/aromatic N) is 3. The SMILES string of the molecule is CCCN1CCC(NCCCn2cccn2)CC1. The van der Waals surface area contributed by atoms with Crippen molar-refractivity contribution in [2.24, 2.45) is 0 Å². The lowest BCUT2D eigenvalue weighted by Gasteiger charge is -2.32. The molecule has 1 aromatic heterocycles. The number of hydrogen-bond acceptors (Lipinski definition) is 3. The number of piperidine rings is 1. The maximum Gasteiger partial charge on any atom is 0.0489 e. The highest BCUT2D eigenvalue weighted by Crippen LogP contribution is 2.10. The highest BCUT2D eigenvalue weighted by Gasteiger charge is 2.17. The number of aryl methyl sites for hydroxylation is 1. The van der Waals surface area contributed by atoms with Crippen molar-refractivity contribution in [2.75, 3.05) is 26.2 Å². The first-order valence-corrected chi connectivity index (χ1v) is 7.31. The van der Waals surface area contributed by atoms with E-state index in [1.54, 1.807) is 0 Å². The summed E-state index contributed by atoms with van der Waals surface area (Å²) in [5, 5.41) is 7.89. The highest BCUT2D eigenvalue weighted by molar-refractivity contribution is 4.78. The molecule has 2 heterocycles. The third kappa shape index (κ3) is 4.42. The predicted octanol–water partition coefficient (Wildman–Crippen LogP) is 1.74. The van der Waals surface area contributed by atoms with Crippen LogP contribution in [0.4, 0.5) is 0 Å². The number of aromatic nitrogens is 2. The molecule has 1 aliphatic heterocycles. The second-order valence-electron chi connectivity index (χ2n) is 5.19. The van der Waals surface area contributed by atoms with Crippen molar-refractivity contribution >= 4 is 0 Å². The first-order valence-electron chi connectivity index (χ1n) is 7.31. The molecule has 0 unspecified atom stereocenters. The van der Waals surface area contributed by atoms with E-state index in [9.17, 15) is 0 Å². The van der Waals surface area contributed by atoms with Gasteiger partial charge in [-0.15, -0.1) is 0 Å². The molecule has 0 atom stereocenters. The van der Waals surface area contributed by atoms with Crippen LogP contribution in [0.25, 0.3) is 0 Å². The molecule has 4 heteroatoms. The Bertz CT molecular complexity index is 302. The average molecular weight is 250 g/mol. The summed E-state index contributed by atoms with van der Waals surface area (Å²) in [5.41, 5.74) is 0. The molecule has 0 aromatic carbocycles. The van der Waals surface area contributed by atoms with Gasteiger partial charge in [-0.2, -0.15) is 5.10 Å². The topological polar surface area (TPSA) is 33.1 Å². The molecule has 0 aliphatic carbocycles. The lowest BCUT2D eigenvalue weighted by atomic mass is 10.0. The van der Waals surface area contributed by atoms with Crippen LogP contribution in [0.5, 0.6) is 0 Å². The Morgan fingerprint density at radius 2 is 2.11 bits per heavy atom. The van der Waals surface area contributed by atoms with Crippen LogP contribution in [0.2, 0.25) is 0 Å². The van der Waals surface area contributed by atoms with E-state index in [4.69, 9.17) is 0 Å². The summed E-state index contributed by atoms with van der Waals surface area (Å²) in [6, 6.07) is 2.72. The maximum atomic E-state index is 4.21. The highest BCUT2D eigenvalue weighted by atomic mass is 15.3. The average Bonchev–Trinajstić information content (AvgIpc) is 2.90. The minimum absolute atomic E-state index is 0.732. The second kappa shape index (κ2) is 7.54. The van der Waals surface area contributed by atoms with Gasteiger partial charge in [0, 0.05) is 25.0 Å². The Morgan fingerprint density at radius 1 is 1.28 bits per heavy atom. The number of likely N-dealkylation sites (tertiary alicyclic amines) is 1. The molecule has 1 fully saturated rings. The van der Waals surface area contributed by atoms with Crippen molar-refractivity contribution in [1.82, 2.24) is 20.0 Å². The molecule has 0 amide bonds. The first-order chi connectivity index (χ1) is 8.88. The monoisotopic (exact) mass is 250 g/mol. The van der Waals surface area contributed by atoms with Crippen molar-refractivity contribution < 1.29 is 0 Å². The summed E-state index contributed by atoms with van der Waals surface area (Å²) in [5.74, 6) is 0. The second-order valence-corrected chi connectivity index (χ2v) is 5.19. The summed E-state index contributed by atoms with van der Waals surface area (Å²) in [6.07, 6.45) is 8.93. The van der Waals surface area contributed by atoms with Gasteiger partial charge in [-0.1, -0.05) is 6.92 Å². The van der Waals surface area contributed by atoms with Crippen molar-refractivity contribution in [3.05, 3.63) is 18.5 Å². The van der Waals surface area contributed by atoms with E-state index in [0.717, 1.165) is 25.6 Å². The summed E-state index contributed by atoms with van der Waals surface area (Å²) in [6.45, 7) is 8.20. The van der Waals surface area contributed by atoms with Crippen LogP contribution < -0.4 is 5.32 Å². The molecule has 1 saturated heterocycles. The Balaban J connectivity index is 1.53. The van der Waals surface area contributed by atoms with Crippen molar-refractivity contribution in [3.8, 4) is 0 Å².